The van der Waals surface area contributed by atoms with E-state index in [1.165, 1.54) is 109 Å². The van der Waals surface area contributed by atoms with Crippen LogP contribution in [-0.4, -0.2) is 9.13 Å². The fourth-order valence-electron chi connectivity index (χ4n) is 11.2. The van der Waals surface area contributed by atoms with E-state index < -0.39 is 0 Å². The number of hydrogen-bond donors (Lipinski definition) is 0. The first-order valence-corrected chi connectivity index (χ1v) is 22.2. The predicted octanol–water partition coefficient (Wildman–Crippen LogP) is 15.4. The van der Waals surface area contributed by atoms with Crippen LogP contribution in [0, 0.1) is 5.92 Å². The molecule has 3 heterocycles. The van der Waals surface area contributed by atoms with Crippen molar-refractivity contribution in [3.8, 4) is 22.5 Å². The molecule has 0 amide bonds. The number of allylic oxidation sites excluding steroid dienone is 5. The first-order valence-electron chi connectivity index (χ1n) is 21.4. The van der Waals surface area contributed by atoms with Crippen molar-refractivity contribution in [3.63, 3.8) is 0 Å². The van der Waals surface area contributed by atoms with Gasteiger partial charge in [0.05, 0.1) is 16.6 Å². The van der Waals surface area contributed by atoms with Crippen molar-refractivity contribution in [1.82, 2.24) is 9.13 Å². The normalized spacial score (nSPS) is 17.8. The summed E-state index contributed by atoms with van der Waals surface area (Å²) in [5, 5.41) is 6.53. The number of thiophene rings is 1. The van der Waals surface area contributed by atoms with Gasteiger partial charge in [-0.3, -0.25) is 0 Å². The molecule has 60 heavy (non-hydrogen) atoms. The number of fused-ring (bicyclic) bond motifs is 12. The van der Waals surface area contributed by atoms with Crippen molar-refractivity contribution in [1.29, 1.82) is 0 Å². The molecule has 13 rings (SSSR count). The molecule has 0 spiro atoms. The zero-order chi connectivity index (χ0) is 39.7. The summed E-state index contributed by atoms with van der Waals surface area (Å²) in [6, 6.07) is 56.9. The molecule has 0 saturated carbocycles. The van der Waals surface area contributed by atoms with Gasteiger partial charge in [0.2, 0.25) is 0 Å². The highest BCUT2D eigenvalue weighted by atomic mass is 32.1. The van der Waals surface area contributed by atoms with Crippen molar-refractivity contribution in [2.45, 2.75) is 38.0 Å². The average molecular weight is 787 g/mol. The number of para-hydroxylation sites is 2. The number of aromatic nitrogens is 2. The van der Waals surface area contributed by atoms with Crippen molar-refractivity contribution in [2.75, 3.05) is 0 Å². The van der Waals surface area contributed by atoms with Gasteiger partial charge in [0, 0.05) is 70.4 Å². The van der Waals surface area contributed by atoms with Crippen LogP contribution in [0.4, 0.5) is 0 Å². The summed E-state index contributed by atoms with van der Waals surface area (Å²) in [6.07, 6.45) is 14.3. The van der Waals surface area contributed by atoms with Crippen LogP contribution in [0.3, 0.4) is 0 Å². The quantitative estimate of drug-likeness (QED) is 0.168. The van der Waals surface area contributed by atoms with Gasteiger partial charge in [-0.25, -0.2) is 0 Å². The molecule has 0 N–H and O–H groups in total. The number of rotatable bonds is 4. The second kappa shape index (κ2) is 12.7. The van der Waals surface area contributed by atoms with Gasteiger partial charge in [-0.1, -0.05) is 141 Å². The molecule has 286 valence electrons. The Labute approximate surface area is 353 Å². The summed E-state index contributed by atoms with van der Waals surface area (Å²) in [4.78, 5) is 0. The molecule has 3 heteroatoms. The van der Waals surface area contributed by atoms with E-state index in [9.17, 15) is 0 Å². The monoisotopic (exact) mass is 786 g/mol. The second-order valence-corrected chi connectivity index (χ2v) is 18.7. The van der Waals surface area contributed by atoms with E-state index in [0.717, 1.165) is 12.8 Å². The summed E-state index contributed by atoms with van der Waals surface area (Å²) in [5.41, 5.74) is 17.0. The van der Waals surface area contributed by atoms with E-state index in [2.05, 4.69) is 205 Å². The Morgan fingerprint density at radius 3 is 2.27 bits per heavy atom. The Kier molecular flexibility index (Phi) is 7.22. The molecule has 0 aliphatic heterocycles. The smallest absolute Gasteiger partial charge is 0.0543 e. The fourth-order valence-corrected chi connectivity index (χ4v) is 12.4. The van der Waals surface area contributed by atoms with E-state index in [1.54, 1.807) is 0 Å². The van der Waals surface area contributed by atoms with Gasteiger partial charge in [0.25, 0.3) is 0 Å². The maximum Gasteiger partial charge on any atom is 0.0543 e. The summed E-state index contributed by atoms with van der Waals surface area (Å²) < 4.78 is 7.72. The molecule has 7 aromatic carbocycles. The fraction of sp³-hybridized carbons (Fsp3) is 0.123. The van der Waals surface area contributed by atoms with Gasteiger partial charge < -0.3 is 9.13 Å². The minimum atomic E-state index is 0.0477. The van der Waals surface area contributed by atoms with Gasteiger partial charge in [-0.05, 0) is 107 Å². The Morgan fingerprint density at radius 2 is 1.35 bits per heavy atom. The molecule has 2 nitrogen and oxygen atoms in total. The molecular formula is C57H42N2S. The summed E-state index contributed by atoms with van der Waals surface area (Å²) >= 11 is 1.94. The molecule has 2 unspecified atom stereocenters. The van der Waals surface area contributed by atoms with Crippen LogP contribution in [0.15, 0.2) is 176 Å². The van der Waals surface area contributed by atoms with Gasteiger partial charge >= 0.3 is 0 Å². The molecule has 3 aliphatic rings. The van der Waals surface area contributed by atoms with Gasteiger partial charge in [0.1, 0.15) is 0 Å². The van der Waals surface area contributed by atoms with Crippen molar-refractivity contribution in [3.05, 3.63) is 204 Å². The highest BCUT2D eigenvalue weighted by Crippen LogP contribution is 2.55. The molecule has 0 bridgehead atoms. The largest absolute Gasteiger partial charge is 0.313 e. The Hall–Kier alpha value is -6.68. The molecule has 0 fully saturated rings. The third kappa shape index (κ3) is 4.81. The third-order valence-electron chi connectivity index (χ3n) is 14.1. The first-order chi connectivity index (χ1) is 29.5. The SMILES string of the molecule is CC1(C)c2ccccc2C2C=CC(c3cc(-n4c5c(c6ccc(-c7ccc8c(c7)c7ccccc7n8-c7ccccc7)cc64)C=CCC5)cc4c3sc3ccccc34)=CC21. The molecule has 10 aromatic rings. The van der Waals surface area contributed by atoms with Crippen molar-refractivity contribution >= 4 is 75.9 Å². The van der Waals surface area contributed by atoms with Crippen molar-refractivity contribution in [2.24, 2.45) is 5.92 Å². The van der Waals surface area contributed by atoms with Crippen LogP contribution in [0.5, 0.6) is 0 Å². The van der Waals surface area contributed by atoms with Gasteiger partial charge in [-0.2, -0.15) is 0 Å². The van der Waals surface area contributed by atoms with E-state index in [0.29, 0.717) is 11.8 Å². The van der Waals surface area contributed by atoms with Crippen LogP contribution in [0.25, 0.3) is 87.0 Å². The molecule has 0 saturated heterocycles. The third-order valence-corrected chi connectivity index (χ3v) is 15.3. The lowest BCUT2D eigenvalue weighted by molar-refractivity contribution is 0.395. The molecule has 3 aliphatic carbocycles. The standard InChI is InChI=1S/C57H42N2S/c1-57(2)49-20-10-6-16-40(49)41-27-25-37(31-50(41)57)46-33-39(34-48-45-19-9-13-23-55(45)60-56(46)48)59-51-21-11-7-17-42(51)44-28-24-36(32-54(44)59)35-26-29-53-47(30-35)43-18-8-12-22-52(43)58(53)38-14-4-3-5-15-38/h3-10,12-20,22-34,41,50H,11,21H2,1-2H3. The molecule has 2 atom stereocenters. The zero-order valence-corrected chi connectivity index (χ0v) is 34.5. The Balaban J connectivity index is 1.02. The lowest BCUT2D eigenvalue weighted by Crippen LogP contribution is -2.25. The van der Waals surface area contributed by atoms with E-state index in [4.69, 9.17) is 0 Å². The van der Waals surface area contributed by atoms with Crippen LogP contribution in [0.1, 0.15) is 54.1 Å². The first kappa shape index (κ1) is 34.2. The number of nitrogens with zero attached hydrogens (tertiary/aromatic N) is 2. The highest BCUT2D eigenvalue weighted by Gasteiger charge is 2.45. The average Bonchev–Trinajstić information content (AvgIpc) is 4.01. The topological polar surface area (TPSA) is 9.86 Å². The molecular weight excluding hydrogens is 745 g/mol. The summed E-state index contributed by atoms with van der Waals surface area (Å²) in [5.74, 6) is 0.802. The van der Waals surface area contributed by atoms with Crippen LogP contribution in [-0.2, 0) is 11.8 Å². The summed E-state index contributed by atoms with van der Waals surface area (Å²) in [7, 11) is 0. The Bertz CT molecular complexity index is 3530. The van der Waals surface area contributed by atoms with Crippen LogP contribution < -0.4 is 0 Å². The Morgan fingerprint density at radius 1 is 0.583 bits per heavy atom. The lowest BCUT2D eigenvalue weighted by Gasteiger charge is -2.31. The maximum absolute atomic E-state index is 2.61. The number of hydrogen-bond acceptors (Lipinski definition) is 1. The maximum atomic E-state index is 2.61. The van der Waals surface area contributed by atoms with Crippen molar-refractivity contribution < 1.29 is 0 Å². The predicted molar refractivity (Wildman–Crippen MR) is 256 cm³/mol. The van der Waals surface area contributed by atoms with Crippen LogP contribution >= 0.6 is 11.3 Å². The van der Waals surface area contributed by atoms with Crippen LogP contribution in [0.2, 0.25) is 0 Å². The van der Waals surface area contributed by atoms with Gasteiger partial charge in [0.15, 0.2) is 0 Å². The number of benzene rings is 7. The van der Waals surface area contributed by atoms with E-state index >= 15 is 0 Å². The highest BCUT2D eigenvalue weighted by molar-refractivity contribution is 7.26. The second-order valence-electron chi connectivity index (χ2n) is 17.6. The van der Waals surface area contributed by atoms with E-state index in [1.807, 2.05) is 11.3 Å². The van der Waals surface area contributed by atoms with Gasteiger partial charge in [-0.15, -0.1) is 11.3 Å². The molecule has 3 aromatic heterocycles. The summed E-state index contributed by atoms with van der Waals surface area (Å²) in [6.45, 7) is 4.88. The molecule has 0 radical (unpaired) electrons. The zero-order valence-electron chi connectivity index (χ0n) is 33.7. The van der Waals surface area contributed by atoms with E-state index in [-0.39, 0.29) is 5.41 Å². The minimum absolute atomic E-state index is 0.0477. The minimum Gasteiger partial charge on any atom is -0.313 e. The lowest BCUT2D eigenvalue weighted by atomic mass is 9.73.